The van der Waals surface area contributed by atoms with Crippen LogP contribution in [0.15, 0.2) is 72.8 Å². The van der Waals surface area contributed by atoms with Crippen molar-refractivity contribution in [2.24, 2.45) is 0 Å². The highest BCUT2D eigenvalue weighted by Crippen LogP contribution is 2.25. The largest absolute Gasteiger partial charge is 0.192 e. The molecule has 2 aromatic rings. The van der Waals surface area contributed by atoms with Crippen LogP contribution < -0.4 is 0 Å². The van der Waals surface area contributed by atoms with E-state index in [1.165, 1.54) is 0 Å². The molecule has 1 heteroatoms. The fourth-order valence-corrected chi connectivity index (χ4v) is 2.22. The summed E-state index contributed by atoms with van der Waals surface area (Å²) in [5, 5.41) is 9.35. The topological polar surface area (TPSA) is 23.8 Å². The van der Waals surface area contributed by atoms with Crippen molar-refractivity contribution < 1.29 is 0 Å². The van der Waals surface area contributed by atoms with Gasteiger partial charge in [-0.3, -0.25) is 0 Å². The molecule has 0 bridgehead atoms. The normalized spacial score (nSPS) is 9.81. The molecule has 2 rings (SSSR count). The zero-order valence-electron chi connectivity index (χ0n) is 12.5. The monoisotopic (exact) mass is 273 g/mol. The molecule has 0 atom stereocenters. The summed E-state index contributed by atoms with van der Waals surface area (Å²) in [4.78, 5) is 0. The minimum atomic E-state index is 0.357. The Balaban J connectivity index is 2.55. The molecule has 0 aliphatic rings. The second kappa shape index (κ2) is 7.26. The van der Waals surface area contributed by atoms with Crippen LogP contribution in [0.5, 0.6) is 0 Å². The maximum absolute atomic E-state index is 9.35. The first-order valence-electron chi connectivity index (χ1n) is 7.15. The van der Waals surface area contributed by atoms with Crippen LogP contribution in [0.4, 0.5) is 0 Å². The number of rotatable bonds is 2. The quantitative estimate of drug-likeness (QED) is 0.711. The molecule has 0 saturated heterocycles. The van der Waals surface area contributed by atoms with Gasteiger partial charge in [0.15, 0.2) is 0 Å². The average Bonchev–Trinajstić information content (AvgIpc) is 2.51. The molecule has 0 heterocycles. The van der Waals surface area contributed by atoms with Crippen molar-refractivity contribution in [1.29, 1.82) is 5.26 Å². The summed E-state index contributed by atoms with van der Waals surface area (Å²) in [6, 6.07) is 26.6. The molecule has 0 aliphatic carbocycles. The Morgan fingerprint density at radius 3 is 1.86 bits per heavy atom. The van der Waals surface area contributed by atoms with E-state index in [9.17, 15) is 5.26 Å². The van der Waals surface area contributed by atoms with Gasteiger partial charge >= 0.3 is 0 Å². The first-order valence-corrected chi connectivity index (χ1v) is 7.15. The molecule has 0 saturated carbocycles. The first-order chi connectivity index (χ1) is 10.2. The van der Waals surface area contributed by atoms with Crippen LogP contribution in [0, 0.1) is 11.3 Å². The summed E-state index contributed by atoms with van der Waals surface area (Å²) in [5.41, 5.74) is 4.02. The lowest BCUT2D eigenvalue weighted by atomic mass is 9.94. The van der Waals surface area contributed by atoms with Gasteiger partial charge in [-0.1, -0.05) is 80.6 Å². The molecular formula is C20H19N. The van der Waals surface area contributed by atoms with Crippen molar-refractivity contribution in [3.05, 3.63) is 83.9 Å². The molecule has 0 N–H and O–H groups in total. The van der Waals surface area contributed by atoms with Gasteiger partial charge in [0.1, 0.15) is 0 Å². The minimum Gasteiger partial charge on any atom is -0.192 e. The second-order valence-corrected chi connectivity index (χ2v) is 5.20. The Bertz CT molecular complexity index is 682. The Kier molecular flexibility index (Phi) is 5.12. The first kappa shape index (κ1) is 14.8. The Labute approximate surface area is 126 Å². The summed E-state index contributed by atoms with van der Waals surface area (Å²) >= 11 is 0. The molecule has 0 aromatic heterocycles. The summed E-state index contributed by atoms with van der Waals surface area (Å²) in [5.74, 6) is 0.357. The van der Waals surface area contributed by atoms with E-state index in [0.717, 1.165) is 22.3 Å². The Morgan fingerprint density at radius 1 is 0.762 bits per heavy atom. The van der Waals surface area contributed by atoms with Crippen molar-refractivity contribution in [3.63, 3.8) is 0 Å². The number of nitrogens with zero attached hydrogens (tertiary/aromatic N) is 1. The fraction of sp³-hybridized carbons (Fsp3) is 0.150. The van der Waals surface area contributed by atoms with Gasteiger partial charge in [-0.25, -0.2) is 0 Å². The SMILES string of the molecule is CC(C)c1ccc(-c2ccccccccc2)cc1C#N. The van der Waals surface area contributed by atoms with E-state index in [0.29, 0.717) is 5.92 Å². The Hall–Kier alpha value is -2.59. The molecule has 0 unspecified atom stereocenters. The van der Waals surface area contributed by atoms with Crippen molar-refractivity contribution in [2.45, 2.75) is 19.8 Å². The third-order valence-corrected chi connectivity index (χ3v) is 3.35. The zero-order valence-corrected chi connectivity index (χ0v) is 12.5. The van der Waals surface area contributed by atoms with E-state index in [-0.39, 0.29) is 0 Å². The molecule has 0 spiro atoms. The van der Waals surface area contributed by atoms with Crippen LogP contribution in [0.2, 0.25) is 0 Å². The van der Waals surface area contributed by atoms with Crippen LogP contribution in [-0.2, 0) is 0 Å². The summed E-state index contributed by atoms with van der Waals surface area (Å²) in [7, 11) is 0. The maximum atomic E-state index is 9.35. The van der Waals surface area contributed by atoms with E-state index in [4.69, 9.17) is 0 Å². The number of hydrogen-bond acceptors (Lipinski definition) is 1. The van der Waals surface area contributed by atoms with Crippen LogP contribution in [0.3, 0.4) is 0 Å². The van der Waals surface area contributed by atoms with Gasteiger partial charge in [0.05, 0.1) is 11.6 Å². The molecule has 2 aromatic carbocycles. The van der Waals surface area contributed by atoms with E-state index in [1.807, 2.05) is 48.5 Å². The number of hydrogen-bond donors (Lipinski definition) is 0. The lowest BCUT2D eigenvalue weighted by Gasteiger charge is -2.09. The molecule has 21 heavy (non-hydrogen) atoms. The zero-order chi connectivity index (χ0) is 15.1. The highest BCUT2D eigenvalue weighted by molar-refractivity contribution is 5.65. The molecule has 0 aliphatic heterocycles. The van der Waals surface area contributed by atoms with Crippen LogP contribution >= 0.6 is 0 Å². The van der Waals surface area contributed by atoms with Crippen LogP contribution in [0.25, 0.3) is 11.1 Å². The van der Waals surface area contributed by atoms with Gasteiger partial charge < -0.3 is 0 Å². The molecule has 1 nitrogen and oxygen atoms in total. The summed E-state index contributed by atoms with van der Waals surface area (Å²) in [6.07, 6.45) is 0. The highest BCUT2D eigenvalue weighted by atomic mass is 14.3. The van der Waals surface area contributed by atoms with Gasteiger partial charge in [0.25, 0.3) is 0 Å². The molecule has 104 valence electrons. The predicted molar refractivity (Wildman–Crippen MR) is 88.3 cm³/mol. The minimum absolute atomic E-state index is 0.357. The van der Waals surface area contributed by atoms with E-state index < -0.39 is 0 Å². The van der Waals surface area contributed by atoms with Gasteiger partial charge in [-0.05, 0) is 28.7 Å². The Morgan fingerprint density at radius 2 is 1.33 bits per heavy atom. The lowest BCUT2D eigenvalue weighted by Crippen LogP contribution is -1.93. The second-order valence-electron chi connectivity index (χ2n) is 5.20. The van der Waals surface area contributed by atoms with Gasteiger partial charge in [0, 0.05) is 0 Å². The van der Waals surface area contributed by atoms with Crippen LogP contribution in [-0.4, -0.2) is 0 Å². The number of nitriles is 1. The third kappa shape index (κ3) is 3.94. The maximum Gasteiger partial charge on any atom is 0.0994 e. The van der Waals surface area contributed by atoms with E-state index in [1.54, 1.807) is 0 Å². The third-order valence-electron chi connectivity index (χ3n) is 3.35. The fourth-order valence-electron chi connectivity index (χ4n) is 2.22. The molecule has 0 radical (unpaired) electrons. The van der Waals surface area contributed by atoms with Crippen molar-refractivity contribution in [2.75, 3.05) is 0 Å². The molecular weight excluding hydrogens is 254 g/mol. The molecule has 0 fully saturated rings. The van der Waals surface area contributed by atoms with Crippen molar-refractivity contribution in [3.8, 4) is 17.2 Å². The summed E-state index contributed by atoms with van der Waals surface area (Å²) < 4.78 is 0. The molecule has 0 amide bonds. The highest BCUT2D eigenvalue weighted by Gasteiger charge is 2.07. The van der Waals surface area contributed by atoms with E-state index in [2.05, 4.69) is 44.2 Å². The van der Waals surface area contributed by atoms with Gasteiger partial charge in [-0.2, -0.15) is 5.26 Å². The van der Waals surface area contributed by atoms with E-state index >= 15 is 0 Å². The predicted octanol–water partition coefficient (Wildman–Crippen LogP) is 5.47. The van der Waals surface area contributed by atoms with Crippen LogP contribution in [0.1, 0.15) is 30.9 Å². The standard InChI is InChI=1S/C20H19N/c1-16(2)20-13-12-18(14-19(20)15-21)17-10-8-6-4-3-5-7-9-11-17/h3-14,16H,1-2H3. The lowest BCUT2D eigenvalue weighted by molar-refractivity contribution is 0.863. The van der Waals surface area contributed by atoms with Crippen molar-refractivity contribution in [1.82, 2.24) is 0 Å². The average molecular weight is 273 g/mol. The van der Waals surface area contributed by atoms with Crippen molar-refractivity contribution >= 4 is 0 Å². The number of benzene rings is 1. The van der Waals surface area contributed by atoms with Gasteiger partial charge in [-0.15, -0.1) is 0 Å². The van der Waals surface area contributed by atoms with Gasteiger partial charge in [0.2, 0.25) is 0 Å². The smallest absolute Gasteiger partial charge is 0.0994 e. The summed E-state index contributed by atoms with van der Waals surface area (Å²) in [6.45, 7) is 4.22.